The minimum Gasteiger partial charge on any atom is -0.251 e. The summed E-state index contributed by atoms with van der Waals surface area (Å²) in [5.41, 5.74) is 2.66. The lowest BCUT2D eigenvalue weighted by atomic mass is 10.2. The second kappa shape index (κ2) is 6.10. The number of aromatic nitrogens is 3. The fourth-order valence-corrected chi connectivity index (χ4v) is 2.89. The molecule has 2 aromatic heterocycles. The van der Waals surface area contributed by atoms with Gasteiger partial charge < -0.3 is 0 Å². The van der Waals surface area contributed by atoms with E-state index in [9.17, 15) is 4.79 Å². The molecule has 0 amide bonds. The van der Waals surface area contributed by atoms with E-state index in [-0.39, 0.29) is 5.69 Å². The van der Waals surface area contributed by atoms with Crippen LogP contribution in [0.15, 0.2) is 58.6 Å². The molecule has 0 unspecified atom stereocenters. The maximum absolute atomic E-state index is 12.0. The van der Waals surface area contributed by atoms with Gasteiger partial charge in [-0.2, -0.15) is 4.98 Å². The Morgan fingerprint density at radius 3 is 2.71 bits per heavy atom. The molecule has 3 aromatic rings. The normalized spacial score (nSPS) is 10.9. The van der Waals surface area contributed by atoms with Crippen molar-refractivity contribution in [2.24, 2.45) is 0 Å². The fraction of sp³-hybridized carbons (Fsp3) is 0.188. The van der Waals surface area contributed by atoms with E-state index in [4.69, 9.17) is 0 Å². The number of fused-ring (bicyclic) bond motifs is 1. The van der Waals surface area contributed by atoms with Crippen LogP contribution in [0.25, 0.3) is 5.65 Å². The molecule has 0 atom stereocenters. The van der Waals surface area contributed by atoms with Gasteiger partial charge in [-0.1, -0.05) is 48.2 Å². The van der Waals surface area contributed by atoms with Crippen molar-refractivity contribution in [1.82, 2.24) is 14.4 Å². The summed E-state index contributed by atoms with van der Waals surface area (Å²) >= 11 is 1.51. The molecule has 4 nitrogen and oxygen atoms in total. The maximum Gasteiger partial charge on any atom is 0.355 e. The highest BCUT2D eigenvalue weighted by Gasteiger charge is 2.04. The third-order valence-electron chi connectivity index (χ3n) is 3.15. The topological polar surface area (TPSA) is 47.3 Å². The molecule has 0 saturated heterocycles. The number of hydrogen-bond acceptors (Lipinski definition) is 4. The Labute approximate surface area is 126 Å². The summed E-state index contributed by atoms with van der Waals surface area (Å²) in [4.78, 5) is 20.4. The molecule has 3 rings (SSSR count). The molecule has 0 fully saturated rings. The molecule has 0 aliphatic heterocycles. The molecule has 2 heterocycles. The average Bonchev–Trinajstić information content (AvgIpc) is 2.49. The number of rotatable bonds is 4. The Bertz CT molecular complexity index is 815. The molecule has 0 saturated carbocycles. The van der Waals surface area contributed by atoms with Crippen molar-refractivity contribution in [3.63, 3.8) is 0 Å². The van der Waals surface area contributed by atoms with Crippen molar-refractivity contribution in [3.05, 3.63) is 70.3 Å². The first-order chi connectivity index (χ1) is 10.2. The standard InChI is InChI=1S/C16H15N3OS/c1-12-7-8-14-17-15(18-16(20)19(14)11-12)21-10-9-13-5-3-2-4-6-13/h2-8,11H,9-10H2,1H3. The zero-order valence-corrected chi connectivity index (χ0v) is 12.5. The molecule has 106 valence electrons. The number of thioether (sulfide) groups is 1. The molecule has 0 spiro atoms. The number of pyridine rings is 1. The molecule has 0 aliphatic carbocycles. The molecule has 0 aliphatic rings. The minimum absolute atomic E-state index is 0.272. The van der Waals surface area contributed by atoms with E-state index < -0.39 is 0 Å². The molecule has 5 heteroatoms. The van der Waals surface area contributed by atoms with Crippen molar-refractivity contribution >= 4 is 17.4 Å². The quantitative estimate of drug-likeness (QED) is 0.695. The molecule has 21 heavy (non-hydrogen) atoms. The molecule has 0 bridgehead atoms. The zero-order chi connectivity index (χ0) is 14.7. The predicted molar refractivity (Wildman–Crippen MR) is 84.9 cm³/mol. The lowest BCUT2D eigenvalue weighted by Gasteiger charge is -2.04. The van der Waals surface area contributed by atoms with Gasteiger partial charge in [-0.05, 0) is 30.5 Å². The van der Waals surface area contributed by atoms with Crippen LogP contribution in [0.1, 0.15) is 11.1 Å². The summed E-state index contributed by atoms with van der Waals surface area (Å²) in [5.74, 6) is 0.853. The Morgan fingerprint density at radius 2 is 1.90 bits per heavy atom. The van der Waals surface area contributed by atoms with Gasteiger partial charge in [0.15, 0.2) is 5.16 Å². The predicted octanol–water partition coefficient (Wildman–Crippen LogP) is 2.73. The van der Waals surface area contributed by atoms with Crippen molar-refractivity contribution in [2.75, 3.05) is 5.75 Å². The molecule has 0 N–H and O–H groups in total. The summed E-state index contributed by atoms with van der Waals surface area (Å²) in [5, 5.41) is 0.541. The van der Waals surface area contributed by atoms with Crippen LogP contribution in [0.3, 0.4) is 0 Å². The molecular weight excluding hydrogens is 282 g/mol. The summed E-state index contributed by atoms with van der Waals surface area (Å²) in [6, 6.07) is 14.0. The van der Waals surface area contributed by atoms with Crippen molar-refractivity contribution < 1.29 is 0 Å². The van der Waals surface area contributed by atoms with E-state index in [2.05, 4.69) is 22.1 Å². The van der Waals surface area contributed by atoms with Crippen LogP contribution in [-0.2, 0) is 6.42 Å². The highest BCUT2D eigenvalue weighted by atomic mass is 32.2. The van der Waals surface area contributed by atoms with Crippen LogP contribution in [0, 0.1) is 6.92 Å². The van der Waals surface area contributed by atoms with E-state index >= 15 is 0 Å². The monoisotopic (exact) mass is 297 g/mol. The van der Waals surface area contributed by atoms with Crippen molar-refractivity contribution in [1.29, 1.82) is 0 Å². The smallest absolute Gasteiger partial charge is 0.251 e. The summed E-state index contributed by atoms with van der Waals surface area (Å²) in [6.07, 6.45) is 2.69. The number of aryl methyl sites for hydroxylation is 2. The lowest BCUT2D eigenvalue weighted by Crippen LogP contribution is -2.19. The van der Waals surface area contributed by atoms with Crippen LogP contribution in [0.4, 0.5) is 0 Å². The van der Waals surface area contributed by atoms with E-state index in [1.54, 1.807) is 6.20 Å². The van der Waals surface area contributed by atoms with E-state index in [1.165, 1.54) is 21.7 Å². The van der Waals surface area contributed by atoms with Gasteiger partial charge in [0, 0.05) is 11.9 Å². The summed E-state index contributed by atoms with van der Waals surface area (Å²) in [6.45, 7) is 1.94. The van der Waals surface area contributed by atoms with Gasteiger partial charge >= 0.3 is 5.69 Å². The number of benzene rings is 1. The molecular formula is C16H15N3OS. The van der Waals surface area contributed by atoms with E-state index in [0.717, 1.165) is 17.7 Å². The third-order valence-corrected chi connectivity index (χ3v) is 4.00. The van der Waals surface area contributed by atoms with Crippen molar-refractivity contribution in [2.45, 2.75) is 18.5 Å². The largest absolute Gasteiger partial charge is 0.355 e. The lowest BCUT2D eigenvalue weighted by molar-refractivity contribution is 0.843. The fourth-order valence-electron chi connectivity index (χ4n) is 2.07. The van der Waals surface area contributed by atoms with E-state index in [0.29, 0.717) is 10.8 Å². The van der Waals surface area contributed by atoms with Gasteiger partial charge in [0.25, 0.3) is 0 Å². The average molecular weight is 297 g/mol. The van der Waals surface area contributed by atoms with Crippen LogP contribution in [0.2, 0.25) is 0 Å². The second-order valence-corrected chi connectivity index (χ2v) is 5.87. The highest BCUT2D eigenvalue weighted by Crippen LogP contribution is 2.14. The van der Waals surface area contributed by atoms with Gasteiger partial charge in [0.05, 0.1) is 0 Å². The van der Waals surface area contributed by atoms with E-state index in [1.807, 2.05) is 37.3 Å². The van der Waals surface area contributed by atoms with Gasteiger partial charge in [-0.3, -0.25) is 4.40 Å². The first-order valence-electron chi connectivity index (χ1n) is 6.76. The van der Waals surface area contributed by atoms with Crippen LogP contribution in [0.5, 0.6) is 0 Å². The maximum atomic E-state index is 12.0. The Kier molecular flexibility index (Phi) is 4.01. The first-order valence-corrected chi connectivity index (χ1v) is 7.75. The Hall–Kier alpha value is -2.14. The highest BCUT2D eigenvalue weighted by molar-refractivity contribution is 7.99. The van der Waals surface area contributed by atoms with Crippen molar-refractivity contribution in [3.8, 4) is 0 Å². The van der Waals surface area contributed by atoms with Crippen LogP contribution in [-0.4, -0.2) is 20.1 Å². The molecule has 0 radical (unpaired) electrons. The Morgan fingerprint density at radius 1 is 1.10 bits per heavy atom. The minimum atomic E-state index is -0.272. The van der Waals surface area contributed by atoms with Gasteiger partial charge in [0.2, 0.25) is 0 Å². The molecule has 1 aromatic carbocycles. The SMILES string of the molecule is Cc1ccc2nc(SCCc3ccccc3)nc(=O)n2c1. The number of nitrogens with zero attached hydrogens (tertiary/aromatic N) is 3. The Balaban J connectivity index is 1.76. The number of hydrogen-bond donors (Lipinski definition) is 0. The van der Waals surface area contributed by atoms with Gasteiger partial charge in [0.1, 0.15) is 5.65 Å². The summed E-state index contributed by atoms with van der Waals surface area (Å²) < 4.78 is 1.48. The summed E-state index contributed by atoms with van der Waals surface area (Å²) in [7, 11) is 0. The zero-order valence-electron chi connectivity index (χ0n) is 11.7. The second-order valence-electron chi connectivity index (χ2n) is 4.81. The van der Waals surface area contributed by atoms with Gasteiger partial charge in [-0.15, -0.1) is 0 Å². The van der Waals surface area contributed by atoms with Crippen LogP contribution >= 0.6 is 11.8 Å². The van der Waals surface area contributed by atoms with Gasteiger partial charge in [-0.25, -0.2) is 9.78 Å². The first kappa shape index (κ1) is 13.8. The van der Waals surface area contributed by atoms with Crippen LogP contribution < -0.4 is 5.69 Å². The third kappa shape index (κ3) is 3.31.